The quantitative estimate of drug-likeness (QED) is 0.596. The molecular weight excluding hydrogens is 321 g/mol. The summed E-state index contributed by atoms with van der Waals surface area (Å²) in [6, 6.07) is 5.26. The van der Waals surface area contributed by atoms with Gasteiger partial charge >= 0.3 is 0 Å². The van der Waals surface area contributed by atoms with Crippen LogP contribution in [0.3, 0.4) is 0 Å². The molecule has 0 unspecified atom stereocenters. The number of halogens is 2. The van der Waals surface area contributed by atoms with Crippen molar-refractivity contribution >= 4 is 63.5 Å². The summed E-state index contributed by atoms with van der Waals surface area (Å²) in [6.07, 6.45) is 2.67. The Labute approximate surface area is 131 Å². The van der Waals surface area contributed by atoms with Crippen LogP contribution in [-0.4, -0.2) is 21.7 Å². The molecule has 0 spiro atoms. The number of carbonyl (C=O) groups excluding carboxylic acids is 1. The molecule has 0 atom stereocenters. The molecule has 0 bridgehead atoms. The van der Waals surface area contributed by atoms with Crippen LogP contribution < -0.4 is 0 Å². The Kier molecular flexibility index (Phi) is 4.90. The van der Waals surface area contributed by atoms with E-state index in [4.69, 9.17) is 35.4 Å². The Balaban J connectivity index is 2.27. The fourth-order valence-electron chi connectivity index (χ4n) is 1.67. The number of rotatable bonds is 3. The Hall–Kier alpha value is -0.550. The molecule has 1 aliphatic rings. The van der Waals surface area contributed by atoms with Gasteiger partial charge in [-0.25, -0.2) is 0 Å². The van der Waals surface area contributed by atoms with E-state index >= 15 is 0 Å². The zero-order chi connectivity index (χ0) is 14.0. The normalized spacial score (nSPS) is 17.6. The van der Waals surface area contributed by atoms with Crippen LogP contribution in [0.1, 0.15) is 18.9 Å². The van der Waals surface area contributed by atoms with Crippen LogP contribution in [-0.2, 0) is 4.79 Å². The van der Waals surface area contributed by atoms with E-state index in [0.717, 1.165) is 12.0 Å². The Morgan fingerprint density at radius 3 is 2.74 bits per heavy atom. The molecule has 1 aromatic carbocycles. The number of thiocarbonyl (C=S) groups is 1. The minimum absolute atomic E-state index is 0.0390. The third kappa shape index (κ3) is 3.31. The number of amides is 1. The van der Waals surface area contributed by atoms with Gasteiger partial charge < -0.3 is 0 Å². The molecule has 0 N–H and O–H groups in total. The molecule has 0 radical (unpaired) electrons. The molecule has 6 heteroatoms. The molecule has 19 heavy (non-hydrogen) atoms. The monoisotopic (exact) mass is 331 g/mol. The van der Waals surface area contributed by atoms with E-state index in [-0.39, 0.29) is 5.91 Å². The van der Waals surface area contributed by atoms with Gasteiger partial charge in [0.05, 0.1) is 15.0 Å². The van der Waals surface area contributed by atoms with Crippen molar-refractivity contribution in [2.24, 2.45) is 0 Å². The molecule has 1 aliphatic heterocycles. The summed E-state index contributed by atoms with van der Waals surface area (Å²) < 4.78 is 0.609. The van der Waals surface area contributed by atoms with E-state index in [1.54, 1.807) is 23.1 Å². The first-order valence-electron chi connectivity index (χ1n) is 5.73. The van der Waals surface area contributed by atoms with Crippen molar-refractivity contribution in [3.63, 3.8) is 0 Å². The van der Waals surface area contributed by atoms with Gasteiger partial charge in [0, 0.05) is 6.54 Å². The third-order valence-electron chi connectivity index (χ3n) is 2.56. The van der Waals surface area contributed by atoms with Gasteiger partial charge in [-0.2, -0.15) is 0 Å². The van der Waals surface area contributed by atoms with E-state index in [1.165, 1.54) is 11.8 Å². The second kappa shape index (κ2) is 6.27. The molecule has 1 aromatic rings. The molecule has 2 nitrogen and oxygen atoms in total. The van der Waals surface area contributed by atoms with Crippen LogP contribution in [0.5, 0.6) is 0 Å². The zero-order valence-corrected chi connectivity index (χ0v) is 13.3. The molecule has 1 fully saturated rings. The molecule has 0 aromatic heterocycles. The smallest absolute Gasteiger partial charge is 0.266 e. The maximum Gasteiger partial charge on any atom is 0.266 e. The summed E-state index contributed by atoms with van der Waals surface area (Å²) in [5.41, 5.74) is 0.839. The number of nitrogens with zero attached hydrogens (tertiary/aromatic N) is 1. The Morgan fingerprint density at radius 2 is 2.11 bits per heavy atom. The summed E-state index contributed by atoms with van der Waals surface area (Å²) >= 11 is 18.3. The fraction of sp³-hybridized carbons (Fsp3) is 0.231. The summed E-state index contributed by atoms with van der Waals surface area (Å²) in [6.45, 7) is 2.67. The predicted molar refractivity (Wildman–Crippen MR) is 86.6 cm³/mol. The van der Waals surface area contributed by atoms with E-state index in [9.17, 15) is 4.79 Å². The number of hydrogen-bond acceptors (Lipinski definition) is 3. The number of hydrogen-bond donors (Lipinski definition) is 0. The number of thioether (sulfide) groups is 1. The largest absolute Gasteiger partial charge is 0.293 e. The standard InChI is InChI=1S/C13H11Cl2NOS2/c1-2-5-16-12(17)11(19-13(16)18)7-8-3-4-9(14)10(15)6-8/h3-4,6-7H,2,5H2,1H3/b11-7+. The van der Waals surface area contributed by atoms with Crippen LogP contribution in [0.25, 0.3) is 6.08 Å². The summed E-state index contributed by atoms with van der Waals surface area (Å²) in [7, 11) is 0. The maximum absolute atomic E-state index is 12.2. The maximum atomic E-state index is 12.2. The van der Waals surface area contributed by atoms with Crippen molar-refractivity contribution in [1.29, 1.82) is 0 Å². The molecule has 1 amide bonds. The highest BCUT2D eigenvalue weighted by atomic mass is 35.5. The highest BCUT2D eigenvalue weighted by molar-refractivity contribution is 8.26. The van der Waals surface area contributed by atoms with Crippen molar-refractivity contribution in [2.75, 3.05) is 6.54 Å². The van der Waals surface area contributed by atoms with Gasteiger partial charge in [-0.3, -0.25) is 9.69 Å². The van der Waals surface area contributed by atoms with Crippen LogP contribution >= 0.6 is 47.2 Å². The highest BCUT2D eigenvalue weighted by Gasteiger charge is 2.31. The average molecular weight is 332 g/mol. The van der Waals surface area contributed by atoms with Gasteiger partial charge in [0.15, 0.2) is 0 Å². The van der Waals surface area contributed by atoms with Gasteiger partial charge in [0.2, 0.25) is 0 Å². The lowest BCUT2D eigenvalue weighted by molar-refractivity contribution is -0.122. The van der Waals surface area contributed by atoms with Gasteiger partial charge in [-0.15, -0.1) is 0 Å². The fourth-order valence-corrected chi connectivity index (χ4v) is 3.29. The lowest BCUT2D eigenvalue weighted by Crippen LogP contribution is -2.28. The van der Waals surface area contributed by atoms with Crippen molar-refractivity contribution in [2.45, 2.75) is 13.3 Å². The van der Waals surface area contributed by atoms with Gasteiger partial charge in [-0.1, -0.05) is 60.2 Å². The van der Waals surface area contributed by atoms with Crippen molar-refractivity contribution in [3.8, 4) is 0 Å². The molecule has 2 rings (SSSR count). The van der Waals surface area contributed by atoms with Gasteiger partial charge in [0.25, 0.3) is 5.91 Å². The molecule has 0 saturated carbocycles. The molecular formula is C13H11Cl2NOS2. The van der Waals surface area contributed by atoms with E-state index < -0.39 is 0 Å². The van der Waals surface area contributed by atoms with Crippen LogP contribution in [0.4, 0.5) is 0 Å². The van der Waals surface area contributed by atoms with Crippen molar-refractivity contribution in [1.82, 2.24) is 4.90 Å². The second-order valence-corrected chi connectivity index (χ2v) is 6.50. The van der Waals surface area contributed by atoms with Gasteiger partial charge in [0.1, 0.15) is 4.32 Å². The first-order valence-corrected chi connectivity index (χ1v) is 7.71. The van der Waals surface area contributed by atoms with Crippen LogP contribution in [0.15, 0.2) is 23.1 Å². The van der Waals surface area contributed by atoms with Crippen molar-refractivity contribution in [3.05, 3.63) is 38.7 Å². The second-order valence-electron chi connectivity index (χ2n) is 4.01. The Bertz CT molecular complexity index is 572. The van der Waals surface area contributed by atoms with E-state index in [1.807, 2.05) is 13.0 Å². The highest BCUT2D eigenvalue weighted by Crippen LogP contribution is 2.33. The van der Waals surface area contributed by atoms with Crippen molar-refractivity contribution < 1.29 is 4.79 Å². The minimum Gasteiger partial charge on any atom is -0.293 e. The first kappa shape index (κ1) is 14.9. The van der Waals surface area contributed by atoms with Gasteiger partial charge in [-0.05, 0) is 30.2 Å². The lowest BCUT2D eigenvalue weighted by Gasteiger charge is -2.11. The summed E-state index contributed by atoms with van der Waals surface area (Å²) in [5, 5.41) is 0.969. The Morgan fingerprint density at radius 1 is 1.37 bits per heavy atom. The SMILES string of the molecule is CCCN1C(=O)/C(=C\c2ccc(Cl)c(Cl)c2)SC1=S. The zero-order valence-electron chi connectivity index (χ0n) is 10.2. The molecule has 1 heterocycles. The van der Waals surface area contributed by atoms with Crippen LogP contribution in [0, 0.1) is 0 Å². The molecule has 1 saturated heterocycles. The summed E-state index contributed by atoms with van der Waals surface area (Å²) in [4.78, 5) is 14.4. The molecule has 0 aliphatic carbocycles. The molecule has 100 valence electrons. The lowest BCUT2D eigenvalue weighted by atomic mass is 10.2. The summed E-state index contributed by atoms with van der Waals surface area (Å²) in [5.74, 6) is -0.0390. The predicted octanol–water partition coefficient (Wildman–Crippen LogP) is 4.60. The average Bonchev–Trinajstić information content (AvgIpc) is 2.62. The minimum atomic E-state index is -0.0390. The first-order chi connectivity index (χ1) is 9.02. The number of carbonyl (C=O) groups is 1. The van der Waals surface area contributed by atoms with E-state index in [2.05, 4.69) is 0 Å². The number of benzene rings is 1. The third-order valence-corrected chi connectivity index (χ3v) is 4.68. The topological polar surface area (TPSA) is 20.3 Å². The van der Waals surface area contributed by atoms with Crippen LogP contribution in [0.2, 0.25) is 10.0 Å². The van der Waals surface area contributed by atoms with E-state index in [0.29, 0.717) is 25.8 Å².